The molecule has 2 nitrogen and oxygen atoms in total. The SMILES string of the molecule is CCCCCC/C=C\CCC/C=C/CCCCC(=O)O. The number of unbranched alkanes of at least 4 members (excludes halogenated alkanes) is 8. The van der Waals surface area contributed by atoms with E-state index in [0.29, 0.717) is 6.42 Å². The molecule has 0 bridgehead atoms. The molecule has 0 aromatic carbocycles. The number of hydrogen-bond acceptors (Lipinski definition) is 1. The Bertz CT molecular complexity index is 267. The fourth-order valence-electron chi connectivity index (χ4n) is 2.05. The Labute approximate surface area is 125 Å². The minimum atomic E-state index is -0.685. The molecule has 0 aliphatic rings. The van der Waals surface area contributed by atoms with E-state index in [9.17, 15) is 4.79 Å². The van der Waals surface area contributed by atoms with E-state index in [0.717, 1.165) is 25.7 Å². The van der Waals surface area contributed by atoms with Crippen molar-refractivity contribution in [2.45, 2.75) is 84.0 Å². The van der Waals surface area contributed by atoms with Crippen LogP contribution in [0, 0.1) is 0 Å². The van der Waals surface area contributed by atoms with Gasteiger partial charge < -0.3 is 5.11 Å². The predicted molar refractivity (Wildman–Crippen MR) is 87.0 cm³/mol. The minimum Gasteiger partial charge on any atom is -0.481 e. The Morgan fingerprint density at radius 3 is 1.75 bits per heavy atom. The summed E-state index contributed by atoms with van der Waals surface area (Å²) in [5, 5.41) is 8.49. The Morgan fingerprint density at radius 1 is 0.750 bits per heavy atom. The fourth-order valence-corrected chi connectivity index (χ4v) is 2.05. The lowest BCUT2D eigenvalue weighted by Gasteiger charge is -1.95. The summed E-state index contributed by atoms with van der Waals surface area (Å²) in [5.41, 5.74) is 0. The topological polar surface area (TPSA) is 37.3 Å². The Balaban J connectivity index is 3.18. The van der Waals surface area contributed by atoms with Gasteiger partial charge in [-0.2, -0.15) is 0 Å². The molecule has 1 N–H and O–H groups in total. The second kappa shape index (κ2) is 16.0. The normalized spacial score (nSPS) is 11.7. The summed E-state index contributed by atoms with van der Waals surface area (Å²) in [6.07, 6.45) is 22.3. The van der Waals surface area contributed by atoms with Crippen LogP contribution in [0.4, 0.5) is 0 Å². The minimum absolute atomic E-state index is 0.302. The maximum atomic E-state index is 10.3. The highest BCUT2D eigenvalue weighted by atomic mass is 16.4. The fraction of sp³-hybridized carbons (Fsp3) is 0.722. The standard InChI is InChI=1S/C18H32O2/c1-2-3-4-5-6-7-8-9-10-11-12-13-14-15-16-17-18(19)20/h7-8,12-13H,2-6,9-11,14-17H2,1H3,(H,19,20)/b8-7-,13-12+. The molecule has 0 unspecified atom stereocenters. The molecule has 0 aromatic rings. The van der Waals surface area contributed by atoms with Gasteiger partial charge in [-0.3, -0.25) is 4.79 Å². The van der Waals surface area contributed by atoms with Gasteiger partial charge in [0.15, 0.2) is 0 Å². The van der Waals surface area contributed by atoms with Crippen LogP contribution in [-0.4, -0.2) is 11.1 Å². The van der Waals surface area contributed by atoms with Gasteiger partial charge in [0.2, 0.25) is 0 Å². The molecule has 0 saturated carbocycles. The van der Waals surface area contributed by atoms with Crippen molar-refractivity contribution < 1.29 is 9.90 Å². The summed E-state index contributed by atoms with van der Waals surface area (Å²) in [6.45, 7) is 2.25. The van der Waals surface area contributed by atoms with E-state index in [-0.39, 0.29) is 0 Å². The number of allylic oxidation sites excluding steroid dienone is 4. The van der Waals surface area contributed by atoms with E-state index < -0.39 is 5.97 Å². The Hall–Kier alpha value is -1.05. The average molecular weight is 280 g/mol. The predicted octanol–water partition coefficient (Wildman–Crippen LogP) is 5.88. The number of rotatable bonds is 14. The highest BCUT2D eigenvalue weighted by Crippen LogP contribution is 2.05. The quantitative estimate of drug-likeness (QED) is 0.318. The van der Waals surface area contributed by atoms with Crippen LogP contribution < -0.4 is 0 Å². The lowest BCUT2D eigenvalue weighted by molar-refractivity contribution is -0.137. The van der Waals surface area contributed by atoms with Crippen LogP contribution in [0.25, 0.3) is 0 Å². The monoisotopic (exact) mass is 280 g/mol. The average Bonchev–Trinajstić information content (AvgIpc) is 2.43. The van der Waals surface area contributed by atoms with Crippen molar-refractivity contribution in [1.29, 1.82) is 0 Å². The first-order chi connectivity index (χ1) is 9.77. The van der Waals surface area contributed by atoms with Crippen LogP contribution in [0.2, 0.25) is 0 Å². The van der Waals surface area contributed by atoms with Gasteiger partial charge in [-0.1, -0.05) is 50.5 Å². The third-order valence-electron chi connectivity index (χ3n) is 3.31. The molecule has 0 amide bonds. The van der Waals surface area contributed by atoms with Crippen LogP contribution in [0.5, 0.6) is 0 Å². The molecule has 0 aromatic heterocycles. The smallest absolute Gasteiger partial charge is 0.303 e. The molecule has 0 aliphatic heterocycles. The van der Waals surface area contributed by atoms with E-state index in [2.05, 4.69) is 31.2 Å². The van der Waals surface area contributed by atoms with Crippen LogP contribution >= 0.6 is 0 Å². The summed E-state index contributed by atoms with van der Waals surface area (Å²) in [7, 11) is 0. The van der Waals surface area contributed by atoms with Crippen molar-refractivity contribution in [3.63, 3.8) is 0 Å². The molecular weight excluding hydrogens is 248 g/mol. The van der Waals surface area contributed by atoms with Gasteiger partial charge in [0, 0.05) is 6.42 Å². The summed E-state index contributed by atoms with van der Waals surface area (Å²) in [6, 6.07) is 0. The second-order valence-corrected chi connectivity index (χ2v) is 5.36. The van der Waals surface area contributed by atoms with E-state index in [1.807, 2.05) is 0 Å². The number of carboxylic acids is 1. The zero-order chi connectivity index (χ0) is 14.9. The van der Waals surface area contributed by atoms with Crippen molar-refractivity contribution in [3.8, 4) is 0 Å². The molecule has 116 valence electrons. The Kier molecular flexibility index (Phi) is 15.2. The highest BCUT2D eigenvalue weighted by Gasteiger charge is 1.94. The maximum absolute atomic E-state index is 10.3. The van der Waals surface area contributed by atoms with Crippen molar-refractivity contribution in [2.75, 3.05) is 0 Å². The van der Waals surface area contributed by atoms with Crippen molar-refractivity contribution in [3.05, 3.63) is 24.3 Å². The third kappa shape index (κ3) is 16.9. The highest BCUT2D eigenvalue weighted by molar-refractivity contribution is 5.66. The van der Waals surface area contributed by atoms with Gasteiger partial charge in [0.25, 0.3) is 0 Å². The molecule has 0 fully saturated rings. The Morgan fingerprint density at radius 2 is 1.25 bits per heavy atom. The number of carboxylic acid groups (broad SMARTS) is 1. The first kappa shape index (κ1) is 18.9. The summed E-state index contributed by atoms with van der Waals surface area (Å²) < 4.78 is 0. The molecule has 0 radical (unpaired) electrons. The van der Waals surface area contributed by atoms with Gasteiger partial charge in [-0.15, -0.1) is 0 Å². The molecule has 0 saturated heterocycles. The van der Waals surface area contributed by atoms with E-state index in [1.54, 1.807) is 0 Å². The van der Waals surface area contributed by atoms with Crippen LogP contribution in [0.3, 0.4) is 0 Å². The summed E-state index contributed by atoms with van der Waals surface area (Å²) in [5.74, 6) is -0.685. The molecule has 2 heteroatoms. The van der Waals surface area contributed by atoms with Crippen molar-refractivity contribution in [1.82, 2.24) is 0 Å². The van der Waals surface area contributed by atoms with E-state index in [4.69, 9.17) is 5.11 Å². The third-order valence-corrected chi connectivity index (χ3v) is 3.31. The van der Waals surface area contributed by atoms with Crippen molar-refractivity contribution >= 4 is 5.97 Å². The van der Waals surface area contributed by atoms with Crippen LogP contribution in [0.15, 0.2) is 24.3 Å². The molecule has 20 heavy (non-hydrogen) atoms. The molecule has 0 atom stereocenters. The van der Waals surface area contributed by atoms with E-state index in [1.165, 1.54) is 44.9 Å². The molecule has 0 spiro atoms. The van der Waals surface area contributed by atoms with Crippen LogP contribution in [-0.2, 0) is 4.79 Å². The van der Waals surface area contributed by atoms with Crippen LogP contribution in [0.1, 0.15) is 84.0 Å². The van der Waals surface area contributed by atoms with Gasteiger partial charge in [0.05, 0.1) is 0 Å². The van der Waals surface area contributed by atoms with Gasteiger partial charge in [-0.05, 0) is 51.4 Å². The maximum Gasteiger partial charge on any atom is 0.303 e. The van der Waals surface area contributed by atoms with Gasteiger partial charge in [0.1, 0.15) is 0 Å². The first-order valence-electron chi connectivity index (χ1n) is 8.29. The zero-order valence-corrected chi connectivity index (χ0v) is 13.2. The zero-order valence-electron chi connectivity index (χ0n) is 13.2. The number of hydrogen-bond donors (Lipinski definition) is 1. The molecule has 0 rings (SSSR count). The van der Waals surface area contributed by atoms with E-state index >= 15 is 0 Å². The first-order valence-corrected chi connectivity index (χ1v) is 8.29. The summed E-state index contributed by atoms with van der Waals surface area (Å²) >= 11 is 0. The summed E-state index contributed by atoms with van der Waals surface area (Å²) in [4.78, 5) is 10.3. The molecule has 0 aliphatic carbocycles. The molecule has 0 heterocycles. The number of carbonyl (C=O) groups is 1. The largest absolute Gasteiger partial charge is 0.481 e. The lowest BCUT2D eigenvalue weighted by atomic mass is 10.1. The lowest BCUT2D eigenvalue weighted by Crippen LogP contribution is -1.92. The second-order valence-electron chi connectivity index (χ2n) is 5.36. The van der Waals surface area contributed by atoms with Gasteiger partial charge in [-0.25, -0.2) is 0 Å². The van der Waals surface area contributed by atoms with Gasteiger partial charge >= 0.3 is 5.97 Å². The number of aliphatic carboxylic acids is 1. The molecular formula is C18H32O2. The van der Waals surface area contributed by atoms with Crippen molar-refractivity contribution in [2.24, 2.45) is 0 Å².